The van der Waals surface area contributed by atoms with Crippen molar-refractivity contribution in [1.29, 1.82) is 0 Å². The van der Waals surface area contributed by atoms with E-state index in [0.717, 1.165) is 35.4 Å². The highest BCUT2D eigenvalue weighted by molar-refractivity contribution is 7.98. The predicted octanol–water partition coefficient (Wildman–Crippen LogP) is 7.91. The number of nitrogens with zero attached hydrogens (tertiary/aromatic N) is 2. The zero-order valence-corrected chi connectivity index (χ0v) is 21.1. The summed E-state index contributed by atoms with van der Waals surface area (Å²) in [5.74, 6) is -5.39. The molecule has 0 aliphatic carbocycles. The van der Waals surface area contributed by atoms with E-state index in [9.17, 15) is 22.4 Å². The van der Waals surface area contributed by atoms with E-state index in [2.05, 4.69) is 9.97 Å². The summed E-state index contributed by atoms with van der Waals surface area (Å²) < 4.78 is 65.6. The molecule has 0 saturated carbocycles. The van der Waals surface area contributed by atoms with Gasteiger partial charge < -0.3 is 9.47 Å². The van der Waals surface area contributed by atoms with Crippen molar-refractivity contribution in [3.05, 3.63) is 101 Å². The first-order valence-corrected chi connectivity index (χ1v) is 12.3. The summed E-state index contributed by atoms with van der Waals surface area (Å²) >= 11 is 1.44. The van der Waals surface area contributed by atoms with Crippen LogP contribution in [0.2, 0.25) is 0 Å². The van der Waals surface area contributed by atoms with Crippen LogP contribution in [0, 0.1) is 30.2 Å². The lowest BCUT2D eigenvalue weighted by molar-refractivity contribution is 0.103. The largest absolute Gasteiger partial charge is 0.435 e. The standard InChI is InChI=1S/C25H16F4N2O3S.C2H6/c1-13-3-6-16(35-2)11-17(13)23(32)18-12-30-25(34-22-8-5-15(27)10-20(22)29)31-24(18)33-21-7-4-14(26)9-19(21)28;1-2/h3-12H,1-2H3;1-2H3. The van der Waals surface area contributed by atoms with Crippen LogP contribution >= 0.6 is 11.8 Å². The van der Waals surface area contributed by atoms with Crippen LogP contribution in [0.15, 0.2) is 65.7 Å². The molecule has 192 valence electrons. The number of benzene rings is 3. The number of thioether (sulfide) groups is 1. The van der Waals surface area contributed by atoms with Crippen molar-refractivity contribution in [3.63, 3.8) is 0 Å². The van der Waals surface area contributed by atoms with Gasteiger partial charge in [0.05, 0.1) is 0 Å². The van der Waals surface area contributed by atoms with Crippen molar-refractivity contribution in [2.45, 2.75) is 25.7 Å². The van der Waals surface area contributed by atoms with E-state index >= 15 is 0 Å². The van der Waals surface area contributed by atoms with E-state index in [0.29, 0.717) is 23.3 Å². The molecule has 0 bridgehead atoms. The summed E-state index contributed by atoms with van der Waals surface area (Å²) in [5.41, 5.74) is 0.866. The van der Waals surface area contributed by atoms with Crippen LogP contribution in [0.3, 0.4) is 0 Å². The molecular weight excluding hydrogens is 508 g/mol. The lowest BCUT2D eigenvalue weighted by atomic mass is 10.0. The van der Waals surface area contributed by atoms with Crippen LogP contribution in [-0.2, 0) is 0 Å². The normalized spacial score (nSPS) is 10.4. The summed E-state index contributed by atoms with van der Waals surface area (Å²) in [6.07, 6.45) is 2.95. The minimum atomic E-state index is -1.03. The lowest BCUT2D eigenvalue weighted by Gasteiger charge is -2.13. The quantitative estimate of drug-likeness (QED) is 0.137. The topological polar surface area (TPSA) is 61.3 Å². The lowest BCUT2D eigenvalue weighted by Crippen LogP contribution is -2.09. The predicted molar refractivity (Wildman–Crippen MR) is 133 cm³/mol. The van der Waals surface area contributed by atoms with Crippen molar-refractivity contribution in [2.24, 2.45) is 0 Å². The molecule has 0 aliphatic heterocycles. The summed E-state index contributed by atoms with van der Waals surface area (Å²) in [7, 11) is 0. The van der Waals surface area contributed by atoms with Gasteiger partial charge in [-0.15, -0.1) is 11.8 Å². The first-order chi connectivity index (χ1) is 17.7. The molecule has 0 unspecified atom stereocenters. The van der Waals surface area contributed by atoms with Gasteiger partial charge in [-0.3, -0.25) is 4.79 Å². The van der Waals surface area contributed by atoms with Gasteiger partial charge in [0, 0.05) is 28.8 Å². The Bertz CT molecular complexity index is 1430. The summed E-state index contributed by atoms with van der Waals surface area (Å²) in [4.78, 5) is 22.2. The third-order valence-electron chi connectivity index (χ3n) is 4.86. The number of hydrogen-bond acceptors (Lipinski definition) is 6. The highest BCUT2D eigenvalue weighted by Crippen LogP contribution is 2.32. The third kappa shape index (κ3) is 6.65. The maximum absolute atomic E-state index is 14.3. The maximum atomic E-state index is 14.3. The molecule has 4 aromatic rings. The average Bonchev–Trinajstić information content (AvgIpc) is 2.89. The minimum Gasteiger partial charge on any atom is -0.435 e. The van der Waals surface area contributed by atoms with Crippen molar-refractivity contribution in [1.82, 2.24) is 9.97 Å². The number of carbonyl (C=O) groups excluding carboxylic acids is 1. The van der Waals surface area contributed by atoms with E-state index in [4.69, 9.17) is 9.47 Å². The smallest absolute Gasteiger partial charge is 0.325 e. The Morgan fingerprint density at radius 3 is 1.97 bits per heavy atom. The number of halogens is 4. The molecule has 3 aromatic carbocycles. The monoisotopic (exact) mass is 530 g/mol. The van der Waals surface area contributed by atoms with E-state index in [-0.39, 0.29) is 11.3 Å². The van der Waals surface area contributed by atoms with E-state index < -0.39 is 46.7 Å². The Morgan fingerprint density at radius 1 is 0.811 bits per heavy atom. The molecular formula is C27H22F4N2O3S. The van der Waals surface area contributed by atoms with E-state index in [1.807, 2.05) is 26.2 Å². The van der Waals surface area contributed by atoms with Gasteiger partial charge in [0.2, 0.25) is 5.88 Å². The highest BCUT2D eigenvalue weighted by Gasteiger charge is 2.22. The van der Waals surface area contributed by atoms with Crippen LogP contribution in [0.1, 0.15) is 35.3 Å². The highest BCUT2D eigenvalue weighted by atomic mass is 32.2. The Morgan fingerprint density at radius 2 is 1.41 bits per heavy atom. The molecule has 0 spiro atoms. The van der Waals surface area contributed by atoms with Gasteiger partial charge in [-0.05, 0) is 55.1 Å². The van der Waals surface area contributed by atoms with Crippen LogP contribution in [0.4, 0.5) is 17.6 Å². The number of rotatable bonds is 7. The van der Waals surface area contributed by atoms with Crippen molar-refractivity contribution in [3.8, 4) is 23.4 Å². The zero-order chi connectivity index (χ0) is 27.1. The summed E-state index contributed by atoms with van der Waals surface area (Å²) in [5, 5.41) is 0. The first kappa shape index (κ1) is 27.7. The second kappa shape index (κ2) is 12.4. The van der Waals surface area contributed by atoms with E-state index in [1.165, 1.54) is 11.8 Å². The molecule has 5 nitrogen and oxygen atoms in total. The van der Waals surface area contributed by atoms with E-state index in [1.54, 1.807) is 19.1 Å². The minimum absolute atomic E-state index is 0.137. The molecule has 1 heterocycles. The molecule has 4 rings (SSSR count). The van der Waals surface area contributed by atoms with Gasteiger partial charge in [0.25, 0.3) is 0 Å². The molecule has 0 fully saturated rings. The van der Waals surface area contributed by atoms with Crippen LogP contribution in [0.25, 0.3) is 0 Å². The molecule has 0 aliphatic rings. The number of aromatic nitrogens is 2. The number of aryl methyl sites for hydroxylation is 1. The van der Waals surface area contributed by atoms with Crippen molar-refractivity contribution < 1.29 is 31.8 Å². The van der Waals surface area contributed by atoms with Gasteiger partial charge in [-0.25, -0.2) is 22.5 Å². The fourth-order valence-electron chi connectivity index (χ4n) is 3.07. The van der Waals surface area contributed by atoms with Gasteiger partial charge in [0.1, 0.15) is 17.2 Å². The Hall–Kier alpha value is -3.92. The number of hydrogen-bond donors (Lipinski definition) is 0. The zero-order valence-electron chi connectivity index (χ0n) is 20.3. The number of ether oxygens (including phenoxy) is 2. The fourth-order valence-corrected chi connectivity index (χ4v) is 3.51. The van der Waals surface area contributed by atoms with Gasteiger partial charge in [-0.2, -0.15) is 4.98 Å². The molecule has 0 N–H and O–H groups in total. The summed E-state index contributed by atoms with van der Waals surface area (Å²) in [6.45, 7) is 5.74. The molecule has 0 atom stereocenters. The first-order valence-electron chi connectivity index (χ1n) is 11.1. The number of ketones is 1. The molecule has 1 aromatic heterocycles. The summed E-state index contributed by atoms with van der Waals surface area (Å²) in [6, 6.07) is 10.1. The Kier molecular flexibility index (Phi) is 9.24. The Balaban J connectivity index is 0.00000186. The SMILES string of the molecule is CC.CSc1ccc(C)c(C(=O)c2cnc(Oc3ccc(F)cc3F)nc2Oc2ccc(F)cc2F)c1. The van der Waals surface area contributed by atoms with Crippen LogP contribution in [0.5, 0.6) is 23.4 Å². The fraction of sp³-hybridized carbons (Fsp3) is 0.148. The third-order valence-corrected chi connectivity index (χ3v) is 5.59. The van der Waals surface area contributed by atoms with Gasteiger partial charge in [-0.1, -0.05) is 19.9 Å². The Labute approximate surface area is 215 Å². The molecule has 0 radical (unpaired) electrons. The molecule has 0 saturated heterocycles. The van der Waals surface area contributed by atoms with Crippen LogP contribution in [-0.4, -0.2) is 22.0 Å². The van der Waals surface area contributed by atoms with Crippen molar-refractivity contribution >= 4 is 17.5 Å². The second-order valence-electron chi connectivity index (χ2n) is 7.23. The number of carbonyl (C=O) groups is 1. The molecule has 0 amide bonds. The van der Waals surface area contributed by atoms with Crippen LogP contribution < -0.4 is 9.47 Å². The van der Waals surface area contributed by atoms with Gasteiger partial charge >= 0.3 is 6.01 Å². The maximum Gasteiger partial charge on any atom is 0.325 e. The van der Waals surface area contributed by atoms with Gasteiger partial charge in [0.15, 0.2) is 28.9 Å². The average molecular weight is 531 g/mol. The second-order valence-corrected chi connectivity index (χ2v) is 8.11. The molecule has 37 heavy (non-hydrogen) atoms. The van der Waals surface area contributed by atoms with Crippen molar-refractivity contribution in [2.75, 3.05) is 6.26 Å². The molecule has 10 heteroatoms.